The number of nitrogens with one attached hydrogen (secondary N) is 1. The summed E-state index contributed by atoms with van der Waals surface area (Å²) in [5.41, 5.74) is 2.35. The van der Waals surface area contributed by atoms with E-state index in [4.69, 9.17) is 23.3 Å². The van der Waals surface area contributed by atoms with Crippen LogP contribution in [0.15, 0.2) is 27.2 Å². The number of ether oxygens (including phenoxy) is 3. The number of carbonyl (C=O) groups excluding carboxylic acids is 1. The number of nitrogens with zero attached hydrogens (tertiary/aromatic N) is 2. The van der Waals surface area contributed by atoms with Crippen molar-refractivity contribution in [2.75, 3.05) is 26.6 Å². The van der Waals surface area contributed by atoms with Crippen LogP contribution in [-0.2, 0) is 12.8 Å². The highest BCUT2D eigenvalue weighted by molar-refractivity contribution is 6.03. The molecule has 1 N–H and O–H groups in total. The Morgan fingerprint density at radius 3 is 2.47 bits per heavy atom. The summed E-state index contributed by atoms with van der Waals surface area (Å²) < 4.78 is 26.7. The molecule has 4 rings (SSSR count). The van der Waals surface area contributed by atoms with E-state index < -0.39 is 0 Å². The minimum Gasteiger partial charge on any atom is -0.493 e. The maximum absolute atomic E-state index is 12.7. The molecule has 1 atom stereocenters. The summed E-state index contributed by atoms with van der Waals surface area (Å²) in [6, 6.07) is 5.12. The second kappa shape index (κ2) is 8.10. The maximum Gasteiger partial charge on any atom is 0.280 e. The summed E-state index contributed by atoms with van der Waals surface area (Å²) in [7, 11) is 4.61. The average molecular weight is 413 g/mol. The highest BCUT2D eigenvalue weighted by Gasteiger charge is 2.27. The smallest absolute Gasteiger partial charge is 0.280 e. The lowest BCUT2D eigenvalue weighted by molar-refractivity contribution is 0.101. The van der Waals surface area contributed by atoms with Gasteiger partial charge in [0.2, 0.25) is 11.6 Å². The molecule has 0 bridgehead atoms. The van der Waals surface area contributed by atoms with E-state index in [1.807, 2.05) is 0 Å². The molecule has 0 radical (unpaired) electrons. The van der Waals surface area contributed by atoms with Crippen molar-refractivity contribution in [3.8, 4) is 28.5 Å². The fourth-order valence-corrected chi connectivity index (χ4v) is 3.63. The lowest BCUT2D eigenvalue weighted by Gasteiger charge is -2.16. The first-order valence-corrected chi connectivity index (χ1v) is 9.59. The molecule has 1 aliphatic carbocycles. The lowest BCUT2D eigenvalue weighted by atomic mass is 9.88. The van der Waals surface area contributed by atoms with Crippen molar-refractivity contribution in [3.63, 3.8) is 0 Å². The number of fused-ring (bicyclic) bond motifs is 1. The summed E-state index contributed by atoms with van der Waals surface area (Å²) in [6.45, 7) is 2.15. The summed E-state index contributed by atoms with van der Waals surface area (Å²) >= 11 is 0. The second-order valence-electron chi connectivity index (χ2n) is 7.23. The van der Waals surface area contributed by atoms with Gasteiger partial charge in [-0.05, 0) is 30.9 Å². The Morgan fingerprint density at radius 2 is 1.80 bits per heavy atom. The number of amides is 1. The third kappa shape index (κ3) is 3.58. The van der Waals surface area contributed by atoms with Crippen LogP contribution in [0.2, 0.25) is 0 Å². The van der Waals surface area contributed by atoms with E-state index in [0.29, 0.717) is 40.1 Å². The maximum atomic E-state index is 12.7. The molecule has 0 fully saturated rings. The van der Waals surface area contributed by atoms with Crippen molar-refractivity contribution in [2.24, 2.45) is 5.92 Å². The van der Waals surface area contributed by atoms with Gasteiger partial charge in [-0.25, -0.2) is 0 Å². The van der Waals surface area contributed by atoms with Crippen LogP contribution < -0.4 is 19.5 Å². The summed E-state index contributed by atoms with van der Waals surface area (Å²) in [6.07, 6.45) is 2.60. The molecular weight excluding hydrogens is 390 g/mol. The number of carbonyl (C=O) groups is 1. The molecule has 1 amide bonds. The van der Waals surface area contributed by atoms with Crippen LogP contribution in [0, 0.1) is 5.92 Å². The van der Waals surface area contributed by atoms with Gasteiger partial charge < -0.3 is 23.3 Å². The average Bonchev–Trinajstić information content (AvgIpc) is 3.39. The zero-order chi connectivity index (χ0) is 21.3. The van der Waals surface area contributed by atoms with Gasteiger partial charge in [0.25, 0.3) is 5.91 Å². The van der Waals surface area contributed by atoms with Crippen LogP contribution >= 0.6 is 0 Å². The van der Waals surface area contributed by atoms with E-state index in [2.05, 4.69) is 22.6 Å². The minimum atomic E-state index is -0.387. The largest absolute Gasteiger partial charge is 0.493 e. The molecule has 1 aromatic carbocycles. The van der Waals surface area contributed by atoms with Crippen molar-refractivity contribution < 1.29 is 28.1 Å². The molecule has 1 unspecified atom stereocenters. The van der Waals surface area contributed by atoms with E-state index in [9.17, 15) is 4.79 Å². The molecule has 0 spiro atoms. The van der Waals surface area contributed by atoms with Crippen molar-refractivity contribution in [3.05, 3.63) is 35.2 Å². The Hall–Kier alpha value is -3.49. The van der Waals surface area contributed by atoms with Gasteiger partial charge in [-0.15, -0.1) is 0 Å². The molecular formula is C21H23N3O6. The number of aromatic nitrogens is 2. The first kappa shape index (κ1) is 19.8. The summed E-state index contributed by atoms with van der Waals surface area (Å²) in [4.78, 5) is 12.7. The summed E-state index contributed by atoms with van der Waals surface area (Å²) in [5, 5.41) is 10.7. The Morgan fingerprint density at radius 1 is 1.07 bits per heavy atom. The predicted octanol–water partition coefficient (Wildman–Crippen LogP) is 3.73. The van der Waals surface area contributed by atoms with Gasteiger partial charge >= 0.3 is 0 Å². The van der Waals surface area contributed by atoms with Crippen molar-refractivity contribution >= 4 is 11.8 Å². The fraction of sp³-hybridized carbons (Fsp3) is 0.381. The van der Waals surface area contributed by atoms with Crippen LogP contribution in [0.4, 0.5) is 5.88 Å². The van der Waals surface area contributed by atoms with E-state index in [1.165, 1.54) is 21.3 Å². The zero-order valence-electron chi connectivity index (χ0n) is 17.3. The van der Waals surface area contributed by atoms with Crippen molar-refractivity contribution in [1.82, 2.24) is 10.3 Å². The Labute approximate surface area is 173 Å². The monoisotopic (exact) mass is 413 g/mol. The van der Waals surface area contributed by atoms with Crippen LogP contribution in [-0.4, -0.2) is 37.5 Å². The number of aryl methyl sites for hydroxylation is 1. The quantitative estimate of drug-likeness (QED) is 0.651. The van der Waals surface area contributed by atoms with E-state index in [-0.39, 0.29) is 11.8 Å². The van der Waals surface area contributed by atoms with E-state index >= 15 is 0 Å². The van der Waals surface area contributed by atoms with Gasteiger partial charge in [0.05, 0.1) is 21.3 Å². The van der Waals surface area contributed by atoms with Crippen molar-refractivity contribution in [2.45, 2.75) is 26.2 Å². The highest BCUT2D eigenvalue weighted by Crippen LogP contribution is 2.41. The molecule has 0 aliphatic heterocycles. The number of rotatable bonds is 6. The number of benzene rings is 1. The minimum absolute atomic E-state index is 0.198. The Kier molecular flexibility index (Phi) is 5.35. The standard InChI is InChI=1S/C21H23N3O6/c1-11-5-6-15-13(7-11)19(24-29-15)21(25)22-18-10-14(23-30-18)12-8-16(26-2)20(28-4)17(9-12)27-3/h8-11H,5-7H2,1-4H3,(H,22,25). The Balaban J connectivity index is 1.57. The topological polar surface area (TPSA) is 109 Å². The molecule has 9 nitrogen and oxygen atoms in total. The molecule has 2 aromatic heterocycles. The first-order chi connectivity index (χ1) is 14.5. The van der Waals surface area contributed by atoms with Gasteiger partial charge in [0, 0.05) is 23.6 Å². The van der Waals surface area contributed by atoms with Gasteiger partial charge in [0.15, 0.2) is 17.2 Å². The van der Waals surface area contributed by atoms with E-state index in [0.717, 1.165) is 30.6 Å². The molecule has 158 valence electrons. The fourth-order valence-electron chi connectivity index (χ4n) is 3.63. The number of anilines is 1. The van der Waals surface area contributed by atoms with Gasteiger partial charge in [0.1, 0.15) is 11.5 Å². The molecule has 0 saturated carbocycles. The van der Waals surface area contributed by atoms with Crippen LogP contribution in [0.3, 0.4) is 0 Å². The second-order valence-corrected chi connectivity index (χ2v) is 7.23. The molecule has 1 aliphatic rings. The van der Waals surface area contributed by atoms with Crippen LogP contribution in [0.25, 0.3) is 11.3 Å². The molecule has 3 aromatic rings. The van der Waals surface area contributed by atoms with Gasteiger partial charge in [-0.1, -0.05) is 17.2 Å². The van der Waals surface area contributed by atoms with E-state index in [1.54, 1.807) is 18.2 Å². The Bertz CT molecular complexity index is 1050. The van der Waals surface area contributed by atoms with Crippen LogP contribution in [0.5, 0.6) is 17.2 Å². The van der Waals surface area contributed by atoms with Gasteiger partial charge in [-0.2, -0.15) is 0 Å². The molecule has 30 heavy (non-hydrogen) atoms. The first-order valence-electron chi connectivity index (χ1n) is 9.59. The number of hydrogen-bond donors (Lipinski definition) is 1. The molecule has 0 saturated heterocycles. The SMILES string of the molecule is COc1cc(-c2cc(NC(=O)c3noc4c3CC(C)CC4)on2)cc(OC)c1OC. The lowest BCUT2D eigenvalue weighted by Crippen LogP contribution is -2.17. The third-order valence-electron chi connectivity index (χ3n) is 5.21. The number of methoxy groups -OCH3 is 3. The third-order valence-corrected chi connectivity index (χ3v) is 5.21. The molecule has 2 heterocycles. The van der Waals surface area contributed by atoms with Gasteiger partial charge in [-0.3, -0.25) is 10.1 Å². The number of hydrogen-bond acceptors (Lipinski definition) is 8. The normalized spacial score (nSPS) is 15.4. The van der Waals surface area contributed by atoms with Crippen molar-refractivity contribution in [1.29, 1.82) is 0 Å². The van der Waals surface area contributed by atoms with Crippen LogP contribution in [0.1, 0.15) is 35.2 Å². The summed E-state index contributed by atoms with van der Waals surface area (Å²) in [5.74, 6) is 2.54. The highest BCUT2D eigenvalue weighted by atomic mass is 16.5. The molecule has 9 heteroatoms. The zero-order valence-corrected chi connectivity index (χ0v) is 17.3. The predicted molar refractivity (Wildman–Crippen MR) is 107 cm³/mol.